The number of thiophene rings is 1. The van der Waals surface area contributed by atoms with Crippen LogP contribution in [0.1, 0.15) is 35.8 Å². The Labute approximate surface area is 190 Å². The molecule has 31 heavy (non-hydrogen) atoms. The normalized spacial score (nSPS) is 14.4. The lowest BCUT2D eigenvalue weighted by Gasteiger charge is -2.16. The summed E-state index contributed by atoms with van der Waals surface area (Å²) < 4.78 is 6.91. The summed E-state index contributed by atoms with van der Waals surface area (Å²) in [5, 5.41) is 3.94. The van der Waals surface area contributed by atoms with Gasteiger partial charge in [-0.15, -0.1) is 11.3 Å². The van der Waals surface area contributed by atoms with Gasteiger partial charge in [0, 0.05) is 18.5 Å². The average molecular weight is 458 g/mol. The van der Waals surface area contributed by atoms with E-state index in [2.05, 4.69) is 5.32 Å². The number of aromatic nitrogens is 2. The number of carbonyl (C=O) groups is 1. The summed E-state index contributed by atoms with van der Waals surface area (Å²) >= 11 is 2.96. The summed E-state index contributed by atoms with van der Waals surface area (Å²) in [6, 6.07) is 9.82. The maximum absolute atomic E-state index is 13.4. The Kier molecular flexibility index (Phi) is 7.09. The van der Waals surface area contributed by atoms with Crippen LogP contribution in [0.15, 0.2) is 40.3 Å². The number of thioether (sulfide) groups is 1. The molecule has 0 saturated heterocycles. The minimum absolute atomic E-state index is 0.0131. The fourth-order valence-electron chi connectivity index (χ4n) is 3.83. The molecule has 1 atom stereocenters. The van der Waals surface area contributed by atoms with Crippen molar-refractivity contribution in [2.75, 3.05) is 13.7 Å². The topological polar surface area (TPSA) is 73.2 Å². The lowest BCUT2D eigenvalue weighted by atomic mass is 9.97. The molecule has 0 spiro atoms. The van der Waals surface area contributed by atoms with Gasteiger partial charge in [-0.3, -0.25) is 14.2 Å². The highest BCUT2D eigenvalue weighted by Gasteiger charge is 2.24. The van der Waals surface area contributed by atoms with Gasteiger partial charge in [-0.2, -0.15) is 0 Å². The van der Waals surface area contributed by atoms with Crippen LogP contribution in [0.5, 0.6) is 0 Å². The molecular formula is C23H27N3O3S2. The summed E-state index contributed by atoms with van der Waals surface area (Å²) in [7, 11) is 1.62. The largest absolute Gasteiger partial charge is 0.383 e. The highest BCUT2D eigenvalue weighted by Crippen LogP contribution is 2.35. The molecule has 0 radical (unpaired) electrons. The van der Waals surface area contributed by atoms with Crippen LogP contribution in [0, 0.1) is 0 Å². The third-order valence-corrected chi connectivity index (χ3v) is 7.80. The average Bonchev–Trinajstić information content (AvgIpc) is 3.16. The third kappa shape index (κ3) is 4.86. The van der Waals surface area contributed by atoms with Crippen molar-refractivity contribution in [3.63, 3.8) is 0 Å². The van der Waals surface area contributed by atoms with E-state index in [-0.39, 0.29) is 16.7 Å². The molecule has 4 rings (SSSR count). The second-order valence-corrected chi connectivity index (χ2v) is 10.1. The Morgan fingerprint density at radius 1 is 1.29 bits per heavy atom. The van der Waals surface area contributed by atoms with Gasteiger partial charge >= 0.3 is 0 Å². The zero-order valence-electron chi connectivity index (χ0n) is 17.8. The van der Waals surface area contributed by atoms with Crippen molar-refractivity contribution in [3.05, 3.63) is 56.7 Å². The second-order valence-electron chi connectivity index (χ2n) is 7.70. The van der Waals surface area contributed by atoms with E-state index in [1.807, 2.05) is 37.3 Å². The smallest absolute Gasteiger partial charge is 0.263 e. The maximum Gasteiger partial charge on any atom is 0.263 e. The molecule has 0 bridgehead atoms. The monoisotopic (exact) mass is 457 g/mol. The highest BCUT2D eigenvalue weighted by molar-refractivity contribution is 8.00. The van der Waals surface area contributed by atoms with Crippen LogP contribution in [-0.2, 0) is 35.5 Å². The minimum atomic E-state index is -0.378. The van der Waals surface area contributed by atoms with Crippen LogP contribution in [0.3, 0.4) is 0 Å². The molecule has 2 aromatic heterocycles. The predicted octanol–water partition coefficient (Wildman–Crippen LogP) is 3.78. The van der Waals surface area contributed by atoms with E-state index in [9.17, 15) is 9.59 Å². The number of ether oxygens (including phenoxy) is 1. The summed E-state index contributed by atoms with van der Waals surface area (Å²) in [6.45, 7) is 3.16. The zero-order chi connectivity index (χ0) is 21.8. The Morgan fingerprint density at radius 2 is 2.06 bits per heavy atom. The summed E-state index contributed by atoms with van der Waals surface area (Å²) in [5.41, 5.74) is 2.22. The Balaban J connectivity index is 1.59. The first kappa shape index (κ1) is 22.0. The van der Waals surface area contributed by atoms with Gasteiger partial charge in [-0.25, -0.2) is 4.98 Å². The van der Waals surface area contributed by atoms with E-state index < -0.39 is 0 Å². The number of fused-ring (bicyclic) bond motifs is 3. The molecule has 8 heteroatoms. The number of carbonyl (C=O) groups excluding carboxylic acids is 1. The molecule has 2 heterocycles. The van der Waals surface area contributed by atoms with E-state index in [1.54, 1.807) is 23.0 Å². The molecule has 0 aliphatic heterocycles. The first-order chi connectivity index (χ1) is 15.1. The Morgan fingerprint density at radius 3 is 2.84 bits per heavy atom. The first-order valence-corrected chi connectivity index (χ1v) is 12.3. The maximum atomic E-state index is 13.4. The van der Waals surface area contributed by atoms with Gasteiger partial charge in [0.2, 0.25) is 5.91 Å². The van der Waals surface area contributed by atoms with E-state index in [0.717, 1.165) is 41.5 Å². The fraction of sp³-hybridized carbons (Fsp3) is 0.435. The number of nitrogens with one attached hydrogen (secondary N) is 1. The van der Waals surface area contributed by atoms with Crippen LogP contribution in [0.25, 0.3) is 10.2 Å². The van der Waals surface area contributed by atoms with Crippen LogP contribution in [0.2, 0.25) is 0 Å². The van der Waals surface area contributed by atoms with Gasteiger partial charge in [0.15, 0.2) is 5.16 Å². The first-order valence-electron chi connectivity index (χ1n) is 10.6. The van der Waals surface area contributed by atoms with Crippen molar-refractivity contribution >= 4 is 39.2 Å². The van der Waals surface area contributed by atoms with Crippen molar-refractivity contribution in [2.45, 2.75) is 56.1 Å². The SMILES string of the molecule is COCCn1c(SC(C)C(=O)NCc2ccccc2)nc2sc3c(c2c1=O)CCCC3. The predicted molar refractivity (Wildman–Crippen MR) is 126 cm³/mol. The number of rotatable bonds is 8. The quantitative estimate of drug-likeness (QED) is 0.412. The van der Waals surface area contributed by atoms with Crippen molar-refractivity contribution in [3.8, 4) is 0 Å². The third-order valence-electron chi connectivity index (χ3n) is 5.52. The molecule has 6 nitrogen and oxygen atoms in total. The number of benzene rings is 1. The van der Waals surface area contributed by atoms with Gasteiger partial charge in [-0.1, -0.05) is 42.1 Å². The molecule has 1 unspecified atom stereocenters. The molecule has 1 aliphatic carbocycles. The Hall–Kier alpha value is -2.16. The summed E-state index contributed by atoms with van der Waals surface area (Å²) in [6.07, 6.45) is 4.25. The number of methoxy groups -OCH3 is 1. The molecule has 164 valence electrons. The van der Waals surface area contributed by atoms with Gasteiger partial charge in [0.1, 0.15) is 4.83 Å². The van der Waals surface area contributed by atoms with Crippen molar-refractivity contribution < 1.29 is 9.53 Å². The van der Waals surface area contributed by atoms with Gasteiger partial charge in [-0.05, 0) is 43.7 Å². The van der Waals surface area contributed by atoms with Gasteiger partial charge < -0.3 is 10.1 Å². The molecule has 1 aromatic carbocycles. The number of hydrogen-bond donors (Lipinski definition) is 1. The van der Waals surface area contributed by atoms with E-state index in [1.165, 1.54) is 22.2 Å². The molecule has 1 N–H and O–H groups in total. The van der Waals surface area contributed by atoms with Crippen molar-refractivity contribution in [2.24, 2.45) is 0 Å². The molecule has 0 saturated carbocycles. The number of nitrogens with zero attached hydrogens (tertiary/aromatic N) is 2. The second kappa shape index (κ2) is 9.97. The number of aryl methyl sites for hydroxylation is 2. The van der Waals surface area contributed by atoms with E-state index in [0.29, 0.717) is 24.9 Å². The number of amides is 1. The van der Waals surface area contributed by atoms with Crippen LogP contribution < -0.4 is 10.9 Å². The highest BCUT2D eigenvalue weighted by atomic mass is 32.2. The van der Waals surface area contributed by atoms with Crippen LogP contribution in [-0.4, -0.2) is 34.4 Å². The molecule has 1 aliphatic rings. The van der Waals surface area contributed by atoms with Crippen LogP contribution >= 0.6 is 23.1 Å². The summed E-state index contributed by atoms with van der Waals surface area (Å²) in [5.74, 6) is -0.0769. The zero-order valence-corrected chi connectivity index (χ0v) is 19.5. The van der Waals surface area contributed by atoms with E-state index in [4.69, 9.17) is 9.72 Å². The molecule has 1 amide bonds. The molecule has 0 fully saturated rings. The van der Waals surface area contributed by atoms with Crippen LogP contribution in [0.4, 0.5) is 0 Å². The fourth-order valence-corrected chi connectivity index (χ4v) is 6.09. The minimum Gasteiger partial charge on any atom is -0.383 e. The van der Waals surface area contributed by atoms with Crippen molar-refractivity contribution in [1.82, 2.24) is 14.9 Å². The Bertz CT molecular complexity index is 1120. The summed E-state index contributed by atoms with van der Waals surface area (Å²) in [4.78, 5) is 33.0. The van der Waals surface area contributed by atoms with Crippen molar-refractivity contribution in [1.29, 1.82) is 0 Å². The van der Waals surface area contributed by atoms with E-state index >= 15 is 0 Å². The number of hydrogen-bond acceptors (Lipinski definition) is 6. The van der Waals surface area contributed by atoms with Gasteiger partial charge in [0.25, 0.3) is 5.56 Å². The van der Waals surface area contributed by atoms with Gasteiger partial charge in [0.05, 0.1) is 23.8 Å². The lowest BCUT2D eigenvalue weighted by Crippen LogP contribution is -2.32. The lowest BCUT2D eigenvalue weighted by molar-refractivity contribution is -0.120. The standard InChI is InChI=1S/C23H27N3O3S2/c1-15(20(27)24-14-16-8-4-3-5-9-16)30-23-25-21-19(22(28)26(23)12-13-29-2)17-10-6-7-11-18(17)31-21/h3-5,8-9,15H,6-7,10-14H2,1-2H3,(H,24,27). The molecule has 3 aromatic rings. The molecular weight excluding hydrogens is 430 g/mol.